The fourth-order valence-corrected chi connectivity index (χ4v) is 2.56. The van der Waals surface area contributed by atoms with Gasteiger partial charge in [0.25, 0.3) is 0 Å². The molecular formula is C18H21N5. The summed E-state index contributed by atoms with van der Waals surface area (Å²) >= 11 is 0. The molecular weight excluding hydrogens is 286 g/mol. The van der Waals surface area contributed by atoms with E-state index in [2.05, 4.69) is 45.6 Å². The highest BCUT2D eigenvalue weighted by Crippen LogP contribution is 2.18. The van der Waals surface area contributed by atoms with E-state index in [-0.39, 0.29) is 6.04 Å². The number of hydrogen-bond donors (Lipinski definition) is 1. The van der Waals surface area contributed by atoms with Crippen LogP contribution in [0.4, 0.5) is 5.82 Å². The van der Waals surface area contributed by atoms with Gasteiger partial charge in [-0.2, -0.15) is 5.10 Å². The number of anilines is 1. The Hall–Kier alpha value is -2.69. The van der Waals surface area contributed by atoms with Crippen LogP contribution in [0.5, 0.6) is 0 Å². The number of aromatic nitrogens is 4. The molecule has 1 unspecified atom stereocenters. The van der Waals surface area contributed by atoms with Crippen molar-refractivity contribution in [1.82, 2.24) is 19.7 Å². The molecule has 23 heavy (non-hydrogen) atoms. The molecule has 0 amide bonds. The van der Waals surface area contributed by atoms with E-state index in [0.717, 1.165) is 29.4 Å². The SMILES string of the molecule is Cc1cc(NC(C)c2cnn(Cc3ccccc3)c2)nc(C)n1. The molecule has 1 aromatic carbocycles. The van der Waals surface area contributed by atoms with Crippen molar-refractivity contribution in [2.24, 2.45) is 0 Å². The second-order valence-corrected chi connectivity index (χ2v) is 5.76. The molecule has 0 saturated carbocycles. The van der Waals surface area contributed by atoms with Crippen molar-refractivity contribution in [2.45, 2.75) is 33.4 Å². The highest BCUT2D eigenvalue weighted by molar-refractivity contribution is 5.38. The van der Waals surface area contributed by atoms with Crippen molar-refractivity contribution in [3.63, 3.8) is 0 Å². The van der Waals surface area contributed by atoms with Crippen molar-refractivity contribution >= 4 is 5.82 Å². The largest absolute Gasteiger partial charge is 0.363 e. The normalized spacial score (nSPS) is 12.1. The molecule has 2 aromatic heterocycles. The molecule has 1 N–H and O–H groups in total. The van der Waals surface area contributed by atoms with E-state index in [9.17, 15) is 0 Å². The van der Waals surface area contributed by atoms with E-state index < -0.39 is 0 Å². The summed E-state index contributed by atoms with van der Waals surface area (Å²) in [6.07, 6.45) is 3.98. The zero-order valence-electron chi connectivity index (χ0n) is 13.7. The van der Waals surface area contributed by atoms with Gasteiger partial charge in [0.2, 0.25) is 0 Å². The third-order valence-corrected chi connectivity index (χ3v) is 3.67. The Labute approximate surface area is 136 Å². The third-order valence-electron chi connectivity index (χ3n) is 3.67. The first-order chi connectivity index (χ1) is 11.1. The molecule has 118 valence electrons. The van der Waals surface area contributed by atoms with Crippen molar-refractivity contribution in [2.75, 3.05) is 5.32 Å². The predicted molar refractivity (Wildman–Crippen MR) is 91.3 cm³/mol. The zero-order chi connectivity index (χ0) is 16.2. The Balaban J connectivity index is 1.69. The fourth-order valence-electron chi connectivity index (χ4n) is 2.56. The molecule has 2 heterocycles. The van der Waals surface area contributed by atoms with Crippen LogP contribution in [0.1, 0.15) is 35.6 Å². The molecule has 5 nitrogen and oxygen atoms in total. The third kappa shape index (κ3) is 3.94. The summed E-state index contributed by atoms with van der Waals surface area (Å²) < 4.78 is 1.96. The second-order valence-electron chi connectivity index (χ2n) is 5.76. The van der Waals surface area contributed by atoms with Crippen molar-refractivity contribution in [3.8, 4) is 0 Å². The summed E-state index contributed by atoms with van der Waals surface area (Å²) in [6.45, 7) is 6.76. The molecule has 0 radical (unpaired) electrons. The quantitative estimate of drug-likeness (QED) is 0.783. The van der Waals surface area contributed by atoms with Gasteiger partial charge >= 0.3 is 0 Å². The minimum atomic E-state index is 0.133. The topological polar surface area (TPSA) is 55.6 Å². The average molecular weight is 307 g/mol. The molecule has 0 spiro atoms. The van der Waals surface area contributed by atoms with Gasteiger partial charge in [0.1, 0.15) is 11.6 Å². The summed E-state index contributed by atoms with van der Waals surface area (Å²) in [5.41, 5.74) is 3.34. The smallest absolute Gasteiger partial charge is 0.130 e. The summed E-state index contributed by atoms with van der Waals surface area (Å²) in [7, 11) is 0. The molecule has 0 saturated heterocycles. The number of rotatable bonds is 5. The highest BCUT2D eigenvalue weighted by Gasteiger charge is 2.10. The summed E-state index contributed by atoms with van der Waals surface area (Å²) in [5.74, 6) is 1.62. The number of nitrogens with one attached hydrogen (secondary N) is 1. The van der Waals surface area contributed by atoms with E-state index in [0.29, 0.717) is 0 Å². The van der Waals surface area contributed by atoms with Gasteiger partial charge in [-0.3, -0.25) is 4.68 Å². The first-order valence-corrected chi connectivity index (χ1v) is 7.75. The molecule has 3 aromatic rings. The van der Waals surface area contributed by atoms with Crippen LogP contribution in [0.15, 0.2) is 48.8 Å². The molecule has 5 heteroatoms. The maximum Gasteiger partial charge on any atom is 0.130 e. The lowest BCUT2D eigenvalue weighted by atomic mass is 10.2. The minimum absolute atomic E-state index is 0.133. The summed E-state index contributed by atoms with van der Waals surface area (Å²) in [5, 5.41) is 7.87. The Kier molecular flexibility index (Phi) is 4.37. The second kappa shape index (κ2) is 6.60. The van der Waals surface area contributed by atoms with Crippen LogP contribution < -0.4 is 5.32 Å². The van der Waals surface area contributed by atoms with Crippen LogP contribution in [0.3, 0.4) is 0 Å². The van der Waals surface area contributed by atoms with Crippen molar-refractivity contribution in [3.05, 3.63) is 71.4 Å². The highest BCUT2D eigenvalue weighted by atomic mass is 15.3. The van der Waals surface area contributed by atoms with E-state index in [1.165, 1.54) is 5.56 Å². The molecule has 0 aliphatic carbocycles. The van der Waals surface area contributed by atoms with Gasteiger partial charge in [-0.15, -0.1) is 0 Å². The number of nitrogens with zero attached hydrogens (tertiary/aromatic N) is 4. The predicted octanol–water partition coefficient (Wildman–Crippen LogP) is 3.51. The maximum absolute atomic E-state index is 4.45. The standard InChI is InChI=1S/C18H21N5/c1-13-9-18(22-15(3)20-13)21-14(2)17-10-19-23(12-17)11-16-7-5-4-6-8-16/h4-10,12,14H,11H2,1-3H3,(H,20,21,22). The average Bonchev–Trinajstić information content (AvgIpc) is 2.96. The molecule has 0 bridgehead atoms. The summed E-state index contributed by atoms with van der Waals surface area (Å²) in [4.78, 5) is 8.72. The van der Waals surface area contributed by atoms with Crippen LogP contribution in [0.2, 0.25) is 0 Å². The van der Waals surface area contributed by atoms with E-state index in [4.69, 9.17) is 0 Å². The zero-order valence-corrected chi connectivity index (χ0v) is 13.7. The maximum atomic E-state index is 4.45. The van der Waals surface area contributed by atoms with E-state index >= 15 is 0 Å². The number of hydrogen-bond acceptors (Lipinski definition) is 4. The van der Waals surface area contributed by atoms with Gasteiger partial charge < -0.3 is 5.32 Å². The van der Waals surface area contributed by atoms with Crippen LogP contribution in [0, 0.1) is 13.8 Å². The number of aryl methyl sites for hydroxylation is 2. The molecule has 0 aliphatic rings. The van der Waals surface area contributed by atoms with Gasteiger partial charge in [-0.05, 0) is 26.3 Å². The fraction of sp³-hybridized carbons (Fsp3) is 0.278. The molecule has 3 rings (SSSR count). The molecule has 0 aliphatic heterocycles. The minimum Gasteiger partial charge on any atom is -0.363 e. The summed E-state index contributed by atoms with van der Waals surface area (Å²) in [6, 6.07) is 12.4. The molecule has 1 atom stereocenters. The Morgan fingerprint density at radius 2 is 1.91 bits per heavy atom. The van der Waals surface area contributed by atoms with Crippen molar-refractivity contribution in [1.29, 1.82) is 0 Å². The van der Waals surface area contributed by atoms with Crippen LogP contribution in [0.25, 0.3) is 0 Å². The molecule has 0 fully saturated rings. The van der Waals surface area contributed by atoms with Gasteiger partial charge in [-0.25, -0.2) is 9.97 Å². The van der Waals surface area contributed by atoms with Gasteiger partial charge in [-0.1, -0.05) is 30.3 Å². The Bertz CT molecular complexity index is 759. The monoisotopic (exact) mass is 307 g/mol. The van der Waals surface area contributed by atoms with Crippen LogP contribution in [-0.4, -0.2) is 19.7 Å². The van der Waals surface area contributed by atoms with Crippen molar-refractivity contribution < 1.29 is 0 Å². The number of benzene rings is 1. The van der Waals surface area contributed by atoms with Gasteiger partial charge in [0, 0.05) is 23.5 Å². The van der Waals surface area contributed by atoms with Gasteiger partial charge in [0.15, 0.2) is 0 Å². The van der Waals surface area contributed by atoms with Gasteiger partial charge in [0.05, 0.1) is 18.8 Å². The Morgan fingerprint density at radius 1 is 1.13 bits per heavy atom. The Morgan fingerprint density at radius 3 is 2.65 bits per heavy atom. The lowest BCUT2D eigenvalue weighted by Gasteiger charge is -2.13. The first kappa shape index (κ1) is 15.2. The first-order valence-electron chi connectivity index (χ1n) is 7.75. The van der Waals surface area contributed by atoms with E-state index in [1.807, 2.05) is 49.0 Å². The lowest BCUT2D eigenvalue weighted by molar-refractivity contribution is 0.685. The lowest BCUT2D eigenvalue weighted by Crippen LogP contribution is -2.09. The van der Waals surface area contributed by atoms with Crippen LogP contribution in [-0.2, 0) is 6.54 Å². The van der Waals surface area contributed by atoms with E-state index in [1.54, 1.807) is 0 Å². The van der Waals surface area contributed by atoms with Crippen LogP contribution >= 0.6 is 0 Å².